The summed E-state index contributed by atoms with van der Waals surface area (Å²) in [4.78, 5) is 4.38. The van der Waals surface area contributed by atoms with Gasteiger partial charge in [-0.15, -0.1) is 29.7 Å². The van der Waals surface area contributed by atoms with E-state index >= 15 is 0 Å². The molecule has 1 heterocycles. The van der Waals surface area contributed by atoms with Gasteiger partial charge in [-0.3, -0.25) is 0 Å². The van der Waals surface area contributed by atoms with Crippen LogP contribution < -0.4 is 0 Å². The summed E-state index contributed by atoms with van der Waals surface area (Å²) in [5.41, 5.74) is 1.01. The molecule has 1 nitrogen and oxygen atoms in total. The third-order valence-electron chi connectivity index (χ3n) is 2.41. The van der Waals surface area contributed by atoms with E-state index in [-0.39, 0.29) is 21.1 Å². The Morgan fingerprint density at radius 3 is 2.80 bits per heavy atom. The normalized spacial score (nSPS) is 10.1. The molecule has 0 unspecified atom stereocenters. The van der Waals surface area contributed by atoms with E-state index in [9.17, 15) is 0 Å². The van der Waals surface area contributed by atoms with Crippen molar-refractivity contribution in [1.29, 1.82) is 0 Å². The maximum absolute atomic E-state index is 4.38. The molecule has 0 aliphatic carbocycles. The molecule has 3 aromatic rings. The summed E-state index contributed by atoms with van der Waals surface area (Å²) in [6.07, 6.45) is 1.91. The van der Waals surface area contributed by atoms with E-state index < -0.39 is 0 Å². The summed E-state index contributed by atoms with van der Waals surface area (Å²) < 4.78 is 0. The molecule has 3 rings (SSSR count). The van der Waals surface area contributed by atoms with Gasteiger partial charge in [0, 0.05) is 27.3 Å². The molecule has 0 amide bonds. The van der Waals surface area contributed by atoms with Gasteiger partial charge in [-0.2, -0.15) is 0 Å². The predicted octanol–water partition coefficient (Wildman–Crippen LogP) is 3.19. The summed E-state index contributed by atoms with van der Waals surface area (Å²) in [6.45, 7) is 0. The SMILES string of the molecule is [Pt].[c-]1cccc2ncc3ccccc3c12. The predicted molar refractivity (Wildman–Crippen MR) is 58.1 cm³/mol. The minimum absolute atomic E-state index is 0. The van der Waals surface area contributed by atoms with Gasteiger partial charge in [-0.05, 0) is 10.9 Å². The van der Waals surface area contributed by atoms with E-state index in [0.29, 0.717) is 0 Å². The largest absolute Gasteiger partial charge is 0.306 e. The molecular formula is C13H8NPt-. The molecule has 0 saturated carbocycles. The summed E-state index contributed by atoms with van der Waals surface area (Å²) in [7, 11) is 0. The van der Waals surface area contributed by atoms with Crippen molar-refractivity contribution in [3.63, 3.8) is 0 Å². The Morgan fingerprint density at radius 1 is 1.00 bits per heavy atom. The van der Waals surface area contributed by atoms with Gasteiger partial charge in [0.15, 0.2) is 0 Å². The zero-order valence-electron chi connectivity index (χ0n) is 7.88. The Hall–Kier alpha value is -1.20. The van der Waals surface area contributed by atoms with Crippen LogP contribution in [0.4, 0.5) is 0 Å². The number of aromatic nitrogens is 1. The molecule has 0 fully saturated rings. The summed E-state index contributed by atoms with van der Waals surface area (Å²) in [5.74, 6) is 0. The summed E-state index contributed by atoms with van der Waals surface area (Å²) >= 11 is 0. The van der Waals surface area contributed by atoms with E-state index in [1.54, 1.807) is 0 Å². The molecule has 2 aromatic carbocycles. The first kappa shape index (κ1) is 10.3. The van der Waals surface area contributed by atoms with E-state index in [4.69, 9.17) is 0 Å². The van der Waals surface area contributed by atoms with Crippen molar-refractivity contribution >= 4 is 21.7 Å². The zero-order chi connectivity index (χ0) is 9.38. The van der Waals surface area contributed by atoms with Crippen molar-refractivity contribution < 1.29 is 21.1 Å². The third kappa shape index (κ3) is 1.68. The molecule has 0 spiro atoms. The minimum Gasteiger partial charge on any atom is -0.306 e. The first-order valence-electron chi connectivity index (χ1n) is 4.59. The number of fused-ring (bicyclic) bond motifs is 3. The van der Waals surface area contributed by atoms with Crippen LogP contribution >= 0.6 is 0 Å². The van der Waals surface area contributed by atoms with Crippen LogP contribution in [0.15, 0.2) is 48.7 Å². The van der Waals surface area contributed by atoms with Gasteiger partial charge in [0.2, 0.25) is 0 Å². The van der Waals surface area contributed by atoms with E-state index in [1.807, 2.05) is 36.5 Å². The Balaban J connectivity index is 0.000000853. The molecule has 0 saturated heterocycles. The molecule has 2 heteroatoms. The zero-order valence-corrected chi connectivity index (χ0v) is 10.2. The van der Waals surface area contributed by atoms with Crippen LogP contribution in [0, 0.1) is 6.07 Å². The number of hydrogen-bond donors (Lipinski definition) is 0. The fraction of sp³-hybridized carbons (Fsp3) is 0. The average Bonchev–Trinajstić information content (AvgIpc) is 2.29. The van der Waals surface area contributed by atoms with Crippen LogP contribution in [0.3, 0.4) is 0 Å². The smallest absolute Gasteiger partial charge is 0.0146 e. The average molecular weight is 373 g/mol. The molecule has 1 aromatic heterocycles. The maximum atomic E-state index is 4.38. The number of benzene rings is 2. The number of rotatable bonds is 0. The number of pyridine rings is 1. The van der Waals surface area contributed by atoms with Crippen molar-refractivity contribution in [2.24, 2.45) is 0 Å². The Bertz CT molecular complexity index is 550. The van der Waals surface area contributed by atoms with E-state index in [2.05, 4.69) is 23.2 Å². The fourth-order valence-corrected chi connectivity index (χ4v) is 1.73. The Kier molecular flexibility index (Phi) is 2.83. The second-order valence-corrected chi connectivity index (χ2v) is 3.28. The molecule has 76 valence electrons. The van der Waals surface area contributed by atoms with Crippen LogP contribution in [0.25, 0.3) is 21.7 Å². The van der Waals surface area contributed by atoms with E-state index in [1.165, 1.54) is 10.8 Å². The van der Waals surface area contributed by atoms with Gasteiger partial charge in [0.05, 0.1) is 0 Å². The minimum atomic E-state index is 0. The molecular weight excluding hydrogens is 365 g/mol. The van der Waals surface area contributed by atoms with Gasteiger partial charge >= 0.3 is 0 Å². The third-order valence-corrected chi connectivity index (χ3v) is 2.41. The second-order valence-electron chi connectivity index (χ2n) is 3.28. The Morgan fingerprint density at radius 2 is 1.87 bits per heavy atom. The van der Waals surface area contributed by atoms with Gasteiger partial charge in [0.25, 0.3) is 0 Å². The Labute approximate surface area is 102 Å². The van der Waals surface area contributed by atoms with Crippen LogP contribution in [-0.2, 0) is 21.1 Å². The van der Waals surface area contributed by atoms with Gasteiger partial charge in [0.1, 0.15) is 0 Å². The van der Waals surface area contributed by atoms with Gasteiger partial charge < -0.3 is 4.98 Å². The van der Waals surface area contributed by atoms with Gasteiger partial charge in [-0.1, -0.05) is 29.7 Å². The molecule has 0 aliphatic heterocycles. The quantitative estimate of drug-likeness (QED) is 0.436. The monoisotopic (exact) mass is 373 g/mol. The molecule has 0 radical (unpaired) electrons. The van der Waals surface area contributed by atoms with Crippen molar-refractivity contribution in [2.45, 2.75) is 0 Å². The number of nitrogens with zero attached hydrogens (tertiary/aromatic N) is 1. The molecule has 0 N–H and O–H groups in total. The molecule has 0 atom stereocenters. The van der Waals surface area contributed by atoms with Crippen molar-refractivity contribution in [2.75, 3.05) is 0 Å². The fourth-order valence-electron chi connectivity index (χ4n) is 1.73. The van der Waals surface area contributed by atoms with Crippen LogP contribution in [0.1, 0.15) is 0 Å². The van der Waals surface area contributed by atoms with Crippen molar-refractivity contribution in [1.82, 2.24) is 4.98 Å². The standard InChI is InChI=1S/C13H8N.Pt/c1-2-6-11-10(5-1)9-14-13-8-4-3-7-12(11)13;/h1-6,8-9H;/q-1;. The van der Waals surface area contributed by atoms with Crippen LogP contribution in [-0.4, -0.2) is 4.98 Å². The van der Waals surface area contributed by atoms with Crippen LogP contribution in [0.2, 0.25) is 0 Å². The summed E-state index contributed by atoms with van der Waals surface area (Å²) in [5, 5.41) is 3.49. The van der Waals surface area contributed by atoms with Crippen molar-refractivity contribution in [3.05, 3.63) is 54.7 Å². The molecule has 0 bridgehead atoms. The summed E-state index contributed by atoms with van der Waals surface area (Å²) in [6, 6.07) is 17.4. The molecule has 0 aliphatic rings. The van der Waals surface area contributed by atoms with Gasteiger partial charge in [-0.25, -0.2) is 0 Å². The second kappa shape index (κ2) is 4.12. The topological polar surface area (TPSA) is 12.9 Å². The number of hydrogen-bond acceptors (Lipinski definition) is 1. The van der Waals surface area contributed by atoms with Crippen LogP contribution in [0.5, 0.6) is 0 Å². The first-order chi connectivity index (χ1) is 6.95. The van der Waals surface area contributed by atoms with E-state index in [0.717, 1.165) is 10.9 Å². The maximum Gasteiger partial charge on any atom is 0.0146 e. The molecule has 15 heavy (non-hydrogen) atoms. The van der Waals surface area contributed by atoms with Crippen molar-refractivity contribution in [3.8, 4) is 0 Å². The first-order valence-corrected chi connectivity index (χ1v) is 4.59.